The minimum Gasteiger partial charge on any atom is -0.466 e. The molecule has 0 amide bonds. The smallest absolute Gasteiger partial charge is 0.314 e. The zero-order chi connectivity index (χ0) is 18.1. The molecule has 2 saturated heterocycles. The van der Waals surface area contributed by atoms with E-state index in [4.69, 9.17) is 4.74 Å². The van der Waals surface area contributed by atoms with E-state index in [1.54, 1.807) is 0 Å². The van der Waals surface area contributed by atoms with Crippen molar-refractivity contribution in [1.82, 2.24) is 4.90 Å². The van der Waals surface area contributed by atoms with Gasteiger partial charge in [-0.15, -0.1) is 0 Å². The monoisotopic (exact) mass is 365 g/mol. The van der Waals surface area contributed by atoms with E-state index in [0.29, 0.717) is 19.6 Å². The molecule has 3 rings (SSSR count). The quantitative estimate of drug-likeness (QED) is 0.692. The third-order valence-electron chi connectivity index (χ3n) is 5.65. The number of ether oxygens (including phenoxy) is 1. The van der Waals surface area contributed by atoms with E-state index >= 15 is 0 Å². The van der Waals surface area contributed by atoms with Gasteiger partial charge in [-0.25, -0.2) is 8.42 Å². The van der Waals surface area contributed by atoms with Crippen LogP contribution in [-0.2, 0) is 25.8 Å². The lowest BCUT2D eigenvalue weighted by molar-refractivity contribution is -0.157. The first-order valence-corrected chi connectivity index (χ1v) is 11.1. The summed E-state index contributed by atoms with van der Waals surface area (Å²) in [7, 11) is -3.02. The van der Waals surface area contributed by atoms with Gasteiger partial charge in [0.25, 0.3) is 0 Å². The van der Waals surface area contributed by atoms with Gasteiger partial charge in [-0.1, -0.05) is 30.3 Å². The number of esters is 1. The molecule has 0 aliphatic carbocycles. The second-order valence-electron chi connectivity index (χ2n) is 7.36. The number of nitrogens with zero attached hydrogens (tertiary/aromatic N) is 1. The number of sulfone groups is 1. The molecule has 0 N–H and O–H groups in total. The summed E-state index contributed by atoms with van der Waals surface area (Å²) in [6.45, 7) is 2.71. The highest BCUT2D eigenvalue weighted by molar-refractivity contribution is 7.90. The Kier molecular flexibility index (Phi) is 5.21. The molecule has 2 heterocycles. The molecule has 2 aliphatic heterocycles. The number of hydrogen-bond donors (Lipinski definition) is 0. The van der Waals surface area contributed by atoms with Gasteiger partial charge < -0.3 is 4.74 Å². The fourth-order valence-electron chi connectivity index (χ4n) is 4.63. The van der Waals surface area contributed by atoms with Crippen LogP contribution in [0.3, 0.4) is 0 Å². The molecule has 0 spiro atoms. The normalized spacial score (nSPS) is 29.0. The number of fused-ring (bicyclic) bond motifs is 2. The predicted octanol–water partition coefficient (Wildman–Crippen LogP) is 2.06. The molecular formula is C19H27NO4S. The van der Waals surface area contributed by atoms with Crippen molar-refractivity contribution in [3.05, 3.63) is 35.9 Å². The Morgan fingerprint density at radius 2 is 2.00 bits per heavy atom. The molecule has 3 atom stereocenters. The molecular weight excluding hydrogens is 338 g/mol. The molecule has 0 unspecified atom stereocenters. The second-order valence-corrected chi connectivity index (χ2v) is 9.62. The van der Waals surface area contributed by atoms with Crippen LogP contribution in [0.1, 0.15) is 31.7 Å². The molecule has 0 saturated carbocycles. The summed E-state index contributed by atoms with van der Waals surface area (Å²) in [5.74, 6) is 0.0138. The fraction of sp³-hybridized carbons (Fsp3) is 0.632. The average molecular weight is 365 g/mol. The summed E-state index contributed by atoms with van der Waals surface area (Å²) in [5, 5.41) is 0. The predicted molar refractivity (Wildman–Crippen MR) is 97.1 cm³/mol. The maximum absolute atomic E-state index is 12.9. The van der Waals surface area contributed by atoms with E-state index in [0.717, 1.165) is 24.8 Å². The van der Waals surface area contributed by atoms with E-state index in [-0.39, 0.29) is 23.8 Å². The van der Waals surface area contributed by atoms with Crippen molar-refractivity contribution in [2.24, 2.45) is 5.41 Å². The lowest BCUT2D eigenvalue weighted by Gasteiger charge is -2.35. The summed E-state index contributed by atoms with van der Waals surface area (Å²) < 4.78 is 28.6. The van der Waals surface area contributed by atoms with Crippen LogP contribution in [0.5, 0.6) is 0 Å². The number of benzene rings is 1. The number of rotatable bonds is 7. The molecule has 2 aliphatic rings. The van der Waals surface area contributed by atoms with Crippen molar-refractivity contribution in [3.63, 3.8) is 0 Å². The first-order valence-electron chi connectivity index (χ1n) is 9.00. The van der Waals surface area contributed by atoms with Gasteiger partial charge >= 0.3 is 5.97 Å². The molecule has 2 fully saturated rings. The second kappa shape index (κ2) is 7.08. The van der Waals surface area contributed by atoms with Gasteiger partial charge in [0, 0.05) is 24.9 Å². The molecule has 0 radical (unpaired) electrons. The Morgan fingerprint density at radius 3 is 2.64 bits per heavy atom. The van der Waals surface area contributed by atoms with Crippen LogP contribution < -0.4 is 0 Å². The fourth-order valence-corrected chi connectivity index (χ4v) is 5.17. The van der Waals surface area contributed by atoms with Crippen LogP contribution in [0.25, 0.3) is 0 Å². The largest absolute Gasteiger partial charge is 0.466 e. The van der Waals surface area contributed by atoms with Gasteiger partial charge in [0.15, 0.2) is 0 Å². The van der Waals surface area contributed by atoms with Gasteiger partial charge in [0.05, 0.1) is 17.8 Å². The van der Waals surface area contributed by atoms with E-state index in [1.807, 2.05) is 37.3 Å². The Bertz CT molecular complexity index is 718. The van der Waals surface area contributed by atoms with Crippen molar-refractivity contribution >= 4 is 15.8 Å². The standard InChI is InChI=1S/C19H27NO4S/c1-3-24-18(21)19(13-15-7-5-4-6-8-15)14-16-9-10-17(19)20(16)11-12-25(2,22)23/h4-8,16-17H,3,9-14H2,1-2H3/t16-,17+,19+/m1/s1. The Balaban J connectivity index is 1.87. The van der Waals surface area contributed by atoms with Gasteiger partial charge in [-0.05, 0) is 38.2 Å². The highest BCUT2D eigenvalue weighted by Crippen LogP contribution is 2.52. The van der Waals surface area contributed by atoms with Crippen LogP contribution in [0.2, 0.25) is 0 Å². The summed E-state index contributed by atoms with van der Waals surface area (Å²) >= 11 is 0. The van der Waals surface area contributed by atoms with Gasteiger partial charge in [0.1, 0.15) is 9.84 Å². The van der Waals surface area contributed by atoms with E-state index < -0.39 is 15.3 Å². The molecule has 1 aromatic carbocycles. The van der Waals surface area contributed by atoms with Gasteiger partial charge in [-0.3, -0.25) is 9.69 Å². The number of carbonyl (C=O) groups is 1. The van der Waals surface area contributed by atoms with Gasteiger partial charge in [0.2, 0.25) is 0 Å². The first-order chi connectivity index (χ1) is 11.9. The molecule has 138 valence electrons. The zero-order valence-corrected chi connectivity index (χ0v) is 15.8. The zero-order valence-electron chi connectivity index (χ0n) is 15.0. The summed E-state index contributed by atoms with van der Waals surface area (Å²) in [4.78, 5) is 15.2. The van der Waals surface area contributed by atoms with E-state index in [2.05, 4.69) is 4.90 Å². The summed E-state index contributed by atoms with van der Waals surface area (Å²) in [6.07, 6.45) is 4.65. The number of carbonyl (C=O) groups excluding carboxylic acids is 1. The van der Waals surface area contributed by atoms with Crippen LogP contribution in [-0.4, -0.2) is 56.5 Å². The maximum atomic E-state index is 12.9. The molecule has 0 aromatic heterocycles. The topological polar surface area (TPSA) is 63.7 Å². The SMILES string of the molecule is CCOC(=O)[C@@]1(Cc2ccccc2)C[C@H]2CC[C@@H]1N2CCS(C)(=O)=O. The van der Waals surface area contributed by atoms with Crippen LogP contribution in [0.4, 0.5) is 0 Å². The molecule has 6 heteroatoms. The van der Waals surface area contributed by atoms with Crippen molar-refractivity contribution in [1.29, 1.82) is 0 Å². The highest BCUT2D eigenvalue weighted by Gasteiger charge is 2.60. The molecule has 25 heavy (non-hydrogen) atoms. The van der Waals surface area contributed by atoms with Crippen LogP contribution in [0, 0.1) is 5.41 Å². The van der Waals surface area contributed by atoms with Crippen molar-refractivity contribution in [2.75, 3.05) is 25.2 Å². The van der Waals surface area contributed by atoms with Crippen LogP contribution in [0.15, 0.2) is 30.3 Å². The first kappa shape index (κ1) is 18.4. The maximum Gasteiger partial charge on any atom is 0.314 e. The molecule has 2 bridgehead atoms. The Morgan fingerprint density at radius 1 is 1.28 bits per heavy atom. The van der Waals surface area contributed by atoms with E-state index in [9.17, 15) is 13.2 Å². The van der Waals surface area contributed by atoms with E-state index in [1.165, 1.54) is 6.26 Å². The Labute approximate surface area is 150 Å². The lowest BCUT2D eigenvalue weighted by Crippen LogP contribution is -2.46. The lowest BCUT2D eigenvalue weighted by atomic mass is 9.70. The Hall–Kier alpha value is -1.40. The van der Waals surface area contributed by atoms with Crippen LogP contribution >= 0.6 is 0 Å². The summed E-state index contributed by atoms with van der Waals surface area (Å²) in [5.41, 5.74) is 0.573. The van der Waals surface area contributed by atoms with Crippen molar-refractivity contribution < 1.29 is 17.9 Å². The minimum atomic E-state index is -3.02. The third-order valence-corrected chi connectivity index (χ3v) is 6.57. The number of hydrogen-bond acceptors (Lipinski definition) is 5. The van der Waals surface area contributed by atoms with Crippen molar-refractivity contribution in [2.45, 2.75) is 44.7 Å². The minimum absolute atomic E-state index is 0.0681. The molecule has 5 nitrogen and oxygen atoms in total. The summed E-state index contributed by atoms with van der Waals surface area (Å²) in [6, 6.07) is 10.4. The van der Waals surface area contributed by atoms with Gasteiger partial charge in [-0.2, -0.15) is 0 Å². The average Bonchev–Trinajstić information content (AvgIpc) is 3.09. The van der Waals surface area contributed by atoms with Crippen molar-refractivity contribution in [3.8, 4) is 0 Å². The highest BCUT2D eigenvalue weighted by atomic mass is 32.2. The third kappa shape index (κ3) is 3.75. The molecule has 1 aromatic rings.